The first-order chi connectivity index (χ1) is 13.8. The Morgan fingerprint density at radius 2 is 2.07 bits per heavy atom. The normalized spacial score (nSPS) is 36.1. The van der Waals surface area contributed by atoms with Gasteiger partial charge in [0.05, 0.1) is 5.60 Å². The molecule has 0 spiro atoms. The lowest BCUT2D eigenvalue weighted by Crippen LogP contribution is -2.73. The van der Waals surface area contributed by atoms with E-state index in [4.69, 9.17) is 0 Å². The van der Waals surface area contributed by atoms with Gasteiger partial charge >= 0.3 is 0 Å². The van der Waals surface area contributed by atoms with Crippen LogP contribution in [0.5, 0.6) is 5.75 Å². The fourth-order valence-corrected chi connectivity index (χ4v) is 6.59. The first-order valence-corrected chi connectivity index (χ1v) is 11.7. The van der Waals surface area contributed by atoms with Gasteiger partial charge in [-0.3, -0.25) is 4.79 Å². The second-order valence-electron chi connectivity index (χ2n) is 10.8. The van der Waals surface area contributed by atoms with E-state index in [1.165, 1.54) is 24.0 Å². The van der Waals surface area contributed by atoms with Gasteiger partial charge in [-0.1, -0.05) is 20.3 Å². The molecule has 29 heavy (non-hydrogen) atoms. The number of aliphatic hydroxyl groups is 1. The summed E-state index contributed by atoms with van der Waals surface area (Å²) in [5, 5.41) is 26.3. The molecule has 4 nitrogen and oxygen atoms in total. The number of nitrogens with one attached hydrogen (secondary N) is 1. The Morgan fingerprint density at radius 3 is 2.79 bits per heavy atom. The van der Waals surface area contributed by atoms with Gasteiger partial charge in [0, 0.05) is 23.8 Å². The van der Waals surface area contributed by atoms with Crippen molar-refractivity contribution >= 4 is 5.78 Å². The van der Waals surface area contributed by atoms with Gasteiger partial charge in [-0.25, -0.2) is 0 Å². The molecule has 1 aromatic carbocycles. The van der Waals surface area contributed by atoms with Gasteiger partial charge in [-0.15, -0.1) is 0 Å². The highest BCUT2D eigenvalue weighted by molar-refractivity contribution is 5.85. The molecular weight excluding hydrogens is 362 g/mol. The predicted octanol–water partition coefficient (Wildman–Crippen LogP) is 3.65. The Morgan fingerprint density at radius 1 is 1.28 bits per heavy atom. The molecule has 0 amide bonds. The van der Waals surface area contributed by atoms with Crippen LogP contribution in [0, 0.1) is 17.8 Å². The maximum absolute atomic E-state index is 13.3. The molecule has 2 saturated carbocycles. The lowest BCUT2D eigenvalue weighted by Gasteiger charge is -2.62. The molecule has 3 fully saturated rings. The van der Waals surface area contributed by atoms with Crippen LogP contribution < -0.4 is 5.32 Å². The highest BCUT2D eigenvalue weighted by Crippen LogP contribution is 2.58. The topological polar surface area (TPSA) is 69.6 Å². The van der Waals surface area contributed by atoms with Gasteiger partial charge in [-0.05, 0) is 92.1 Å². The molecule has 4 aliphatic rings. The number of hydrogen-bond donors (Lipinski definition) is 3. The Hall–Kier alpha value is -1.39. The zero-order chi connectivity index (χ0) is 20.4. The second-order valence-corrected chi connectivity index (χ2v) is 10.8. The summed E-state index contributed by atoms with van der Waals surface area (Å²) < 4.78 is 0. The molecule has 1 aliphatic heterocycles. The van der Waals surface area contributed by atoms with Crippen LogP contribution in [-0.4, -0.2) is 34.2 Å². The lowest BCUT2D eigenvalue weighted by atomic mass is 9.47. The smallest absolute Gasteiger partial charge is 0.137 e. The Bertz CT molecular complexity index is 830. The van der Waals surface area contributed by atoms with Crippen LogP contribution in [-0.2, 0) is 23.1 Å². The molecule has 2 bridgehead atoms. The van der Waals surface area contributed by atoms with Crippen LogP contribution in [0.15, 0.2) is 12.1 Å². The van der Waals surface area contributed by atoms with E-state index >= 15 is 0 Å². The highest BCUT2D eigenvalue weighted by Gasteiger charge is 2.64. The van der Waals surface area contributed by atoms with Crippen LogP contribution in [0.3, 0.4) is 0 Å². The third-order valence-corrected chi connectivity index (χ3v) is 8.39. The van der Waals surface area contributed by atoms with Crippen molar-refractivity contribution in [1.29, 1.82) is 0 Å². The van der Waals surface area contributed by atoms with Gasteiger partial charge in [0.25, 0.3) is 0 Å². The maximum atomic E-state index is 13.3. The average Bonchev–Trinajstić information content (AvgIpc) is 3.45. The van der Waals surface area contributed by atoms with Crippen molar-refractivity contribution in [1.82, 2.24) is 5.32 Å². The molecule has 5 rings (SSSR count). The van der Waals surface area contributed by atoms with E-state index < -0.39 is 11.0 Å². The molecule has 3 aliphatic carbocycles. The number of ketones is 1. The standard InChI is InChI=1S/C25H35NO3/c1-15(2)3-6-17-13-25(29)23-12-20-18(9-16-4-5-16)10-19(27)11-21(20)24(25,7-8-26-23)14-22(17)28/h10-11,15-17,23,26-27,29H,3-9,12-14H2,1-2H3. The molecular formula is C25H35NO3. The van der Waals surface area contributed by atoms with Crippen LogP contribution >= 0.6 is 0 Å². The number of carbonyl (C=O) groups excluding carboxylic acids is 1. The first kappa shape index (κ1) is 19.6. The molecule has 4 unspecified atom stereocenters. The number of piperidine rings is 1. The maximum Gasteiger partial charge on any atom is 0.137 e. The summed E-state index contributed by atoms with van der Waals surface area (Å²) in [7, 11) is 0. The van der Waals surface area contributed by atoms with E-state index in [2.05, 4.69) is 19.2 Å². The van der Waals surface area contributed by atoms with E-state index in [9.17, 15) is 15.0 Å². The van der Waals surface area contributed by atoms with Crippen molar-refractivity contribution in [3.8, 4) is 5.75 Å². The summed E-state index contributed by atoms with van der Waals surface area (Å²) in [5.41, 5.74) is 2.17. The highest BCUT2D eigenvalue weighted by atomic mass is 16.3. The van der Waals surface area contributed by atoms with Crippen LogP contribution in [0.25, 0.3) is 0 Å². The Balaban J connectivity index is 1.57. The number of hydrogen-bond acceptors (Lipinski definition) is 4. The third-order valence-electron chi connectivity index (χ3n) is 8.39. The molecule has 4 atom stereocenters. The number of phenolic OH excluding ortho intramolecular Hbond substituents is 1. The summed E-state index contributed by atoms with van der Waals surface area (Å²) in [4.78, 5) is 13.3. The number of aromatic hydroxyl groups is 1. The van der Waals surface area contributed by atoms with Gasteiger partial charge in [0.15, 0.2) is 0 Å². The lowest BCUT2D eigenvalue weighted by molar-refractivity contribution is -0.159. The molecule has 4 heteroatoms. The van der Waals surface area contributed by atoms with Gasteiger partial charge in [0.1, 0.15) is 11.5 Å². The number of phenols is 1. The number of rotatable bonds is 5. The molecule has 0 aromatic heterocycles. The number of Topliss-reactive ketones (excluding diaryl/α,β-unsaturated/α-hetero) is 1. The van der Waals surface area contributed by atoms with Crippen molar-refractivity contribution in [3.63, 3.8) is 0 Å². The van der Waals surface area contributed by atoms with E-state index in [0.29, 0.717) is 30.3 Å². The molecule has 1 heterocycles. The fraction of sp³-hybridized carbons (Fsp3) is 0.720. The van der Waals surface area contributed by atoms with E-state index in [-0.39, 0.29) is 12.0 Å². The quantitative estimate of drug-likeness (QED) is 0.709. The van der Waals surface area contributed by atoms with Gasteiger partial charge in [0.2, 0.25) is 0 Å². The van der Waals surface area contributed by atoms with E-state index in [0.717, 1.165) is 50.1 Å². The van der Waals surface area contributed by atoms with Crippen molar-refractivity contribution < 1.29 is 15.0 Å². The minimum Gasteiger partial charge on any atom is -0.508 e. The largest absolute Gasteiger partial charge is 0.508 e. The molecule has 1 saturated heterocycles. The third kappa shape index (κ3) is 3.06. The van der Waals surface area contributed by atoms with Crippen LogP contribution in [0.4, 0.5) is 0 Å². The van der Waals surface area contributed by atoms with E-state index in [1.54, 1.807) is 0 Å². The molecule has 158 valence electrons. The van der Waals surface area contributed by atoms with Crippen LogP contribution in [0.1, 0.15) is 75.5 Å². The van der Waals surface area contributed by atoms with Crippen molar-refractivity contribution in [2.24, 2.45) is 17.8 Å². The number of carbonyl (C=O) groups is 1. The zero-order valence-corrected chi connectivity index (χ0v) is 17.8. The minimum absolute atomic E-state index is 0.000830. The van der Waals surface area contributed by atoms with Crippen LogP contribution in [0.2, 0.25) is 0 Å². The van der Waals surface area contributed by atoms with Gasteiger partial charge < -0.3 is 15.5 Å². The molecule has 1 aromatic rings. The zero-order valence-electron chi connectivity index (χ0n) is 17.8. The summed E-state index contributed by atoms with van der Waals surface area (Å²) in [6.45, 7) is 5.21. The van der Waals surface area contributed by atoms with E-state index in [1.807, 2.05) is 12.1 Å². The SMILES string of the molecule is CC(C)CCC1CC2(O)C3Cc4c(CC5CC5)cc(O)cc4C2(CCN3)CC1=O. The summed E-state index contributed by atoms with van der Waals surface area (Å²) in [5.74, 6) is 1.88. The number of fused-ring (bicyclic) bond motifs is 1. The summed E-state index contributed by atoms with van der Waals surface area (Å²) >= 11 is 0. The van der Waals surface area contributed by atoms with Crippen molar-refractivity contribution in [3.05, 3.63) is 28.8 Å². The van der Waals surface area contributed by atoms with Crippen molar-refractivity contribution in [2.45, 2.75) is 88.7 Å². The molecule has 0 radical (unpaired) electrons. The van der Waals surface area contributed by atoms with Gasteiger partial charge in [-0.2, -0.15) is 0 Å². The average molecular weight is 398 g/mol. The Labute approximate surface area is 174 Å². The monoisotopic (exact) mass is 397 g/mol. The fourth-order valence-electron chi connectivity index (χ4n) is 6.59. The van der Waals surface area contributed by atoms with Crippen molar-refractivity contribution in [2.75, 3.05) is 6.54 Å². The summed E-state index contributed by atoms with van der Waals surface area (Å²) in [6.07, 6.45) is 8.02. The number of benzene rings is 1. The minimum atomic E-state index is -0.904. The second kappa shape index (κ2) is 6.81. The predicted molar refractivity (Wildman–Crippen MR) is 113 cm³/mol. The Kier molecular flexibility index (Phi) is 4.60. The first-order valence-electron chi connectivity index (χ1n) is 11.7. The molecule has 3 N–H and O–H groups in total. The summed E-state index contributed by atoms with van der Waals surface area (Å²) in [6, 6.07) is 3.81.